The molecule has 12 aromatic rings. The van der Waals surface area contributed by atoms with Gasteiger partial charge in [0.05, 0.1) is 16.8 Å². The Morgan fingerprint density at radius 2 is 0.926 bits per heavy atom. The van der Waals surface area contributed by atoms with Gasteiger partial charge in [0.25, 0.3) is 0 Å². The number of nitrogens with zero attached hydrogens (tertiary/aromatic N) is 1. The van der Waals surface area contributed by atoms with Crippen molar-refractivity contribution in [2.75, 3.05) is 4.90 Å². The summed E-state index contributed by atoms with van der Waals surface area (Å²) in [7, 11) is 0. The van der Waals surface area contributed by atoms with Gasteiger partial charge in [-0.25, -0.2) is 0 Å². The van der Waals surface area contributed by atoms with E-state index in [-0.39, 0.29) is 0 Å². The van der Waals surface area contributed by atoms with Crippen molar-refractivity contribution < 1.29 is 8.83 Å². The van der Waals surface area contributed by atoms with Crippen molar-refractivity contribution >= 4 is 114 Å². The van der Waals surface area contributed by atoms with Crippen molar-refractivity contribution in [2.24, 2.45) is 0 Å². The number of thiophene rings is 1. The highest BCUT2D eigenvalue weighted by molar-refractivity contribution is 7.25. The van der Waals surface area contributed by atoms with E-state index in [0.29, 0.717) is 0 Å². The number of rotatable bonds is 4. The van der Waals surface area contributed by atoms with Crippen LogP contribution in [0, 0.1) is 0 Å². The van der Waals surface area contributed by atoms with Crippen LogP contribution in [0.3, 0.4) is 0 Å². The van der Waals surface area contributed by atoms with Crippen LogP contribution in [0.25, 0.3) is 96.7 Å². The molecule has 0 aliphatic heterocycles. The lowest BCUT2D eigenvalue weighted by atomic mass is 9.96. The fourth-order valence-electron chi connectivity index (χ4n) is 8.66. The quantitative estimate of drug-likeness (QED) is 0.182. The van der Waals surface area contributed by atoms with Gasteiger partial charge in [0.15, 0.2) is 0 Å². The number of furan rings is 2. The van der Waals surface area contributed by atoms with Crippen LogP contribution in [-0.4, -0.2) is 0 Å². The average molecular weight is 708 g/mol. The molecule has 0 aliphatic carbocycles. The zero-order valence-electron chi connectivity index (χ0n) is 28.9. The van der Waals surface area contributed by atoms with Gasteiger partial charge < -0.3 is 13.7 Å². The monoisotopic (exact) mass is 707 g/mol. The fourth-order valence-corrected chi connectivity index (χ4v) is 9.80. The number of hydrogen-bond donors (Lipinski definition) is 0. The minimum absolute atomic E-state index is 0.860. The van der Waals surface area contributed by atoms with E-state index < -0.39 is 0 Å². The Labute approximate surface area is 313 Å². The summed E-state index contributed by atoms with van der Waals surface area (Å²) in [6.07, 6.45) is 0. The van der Waals surface area contributed by atoms with Crippen molar-refractivity contribution in [3.63, 3.8) is 0 Å². The minimum atomic E-state index is 0.860. The molecule has 0 saturated carbocycles. The average Bonchev–Trinajstić information content (AvgIpc) is 3.93. The van der Waals surface area contributed by atoms with E-state index >= 15 is 0 Å². The van der Waals surface area contributed by atoms with Gasteiger partial charge in [-0.15, -0.1) is 11.3 Å². The summed E-state index contributed by atoms with van der Waals surface area (Å²) in [6.45, 7) is 0. The Morgan fingerprint density at radius 1 is 0.370 bits per heavy atom. The fraction of sp³-hybridized carbons (Fsp3) is 0. The summed E-state index contributed by atoms with van der Waals surface area (Å²) >= 11 is 1.84. The second kappa shape index (κ2) is 11.3. The number of benzene rings is 9. The molecular formula is C50H29NO2S. The van der Waals surface area contributed by atoms with Gasteiger partial charge in [0.1, 0.15) is 22.3 Å². The Balaban J connectivity index is 1.17. The summed E-state index contributed by atoms with van der Waals surface area (Å²) in [5.41, 5.74) is 9.02. The number of para-hydroxylation sites is 1. The molecule has 0 aliphatic rings. The van der Waals surface area contributed by atoms with Gasteiger partial charge in [-0.1, -0.05) is 121 Å². The molecule has 12 rings (SSSR count). The molecule has 0 amide bonds. The number of fused-ring (bicyclic) bond motifs is 13. The molecule has 0 bridgehead atoms. The molecule has 0 fully saturated rings. The van der Waals surface area contributed by atoms with Crippen LogP contribution in [0.2, 0.25) is 0 Å². The second-order valence-electron chi connectivity index (χ2n) is 14.0. The Morgan fingerprint density at radius 3 is 1.70 bits per heavy atom. The normalized spacial score (nSPS) is 12.1. The first-order chi connectivity index (χ1) is 26.8. The van der Waals surface area contributed by atoms with E-state index in [4.69, 9.17) is 8.83 Å². The third-order valence-electron chi connectivity index (χ3n) is 11.0. The highest BCUT2D eigenvalue weighted by Crippen LogP contribution is 2.49. The molecule has 0 spiro atoms. The summed E-state index contributed by atoms with van der Waals surface area (Å²) < 4.78 is 16.0. The van der Waals surface area contributed by atoms with Crippen LogP contribution in [0.1, 0.15) is 0 Å². The maximum atomic E-state index is 6.75. The number of anilines is 3. The predicted octanol–water partition coefficient (Wildman–Crippen LogP) is 15.3. The van der Waals surface area contributed by atoms with Gasteiger partial charge >= 0.3 is 0 Å². The second-order valence-corrected chi connectivity index (χ2v) is 15.1. The third-order valence-corrected chi connectivity index (χ3v) is 12.2. The highest BCUT2D eigenvalue weighted by Gasteiger charge is 2.25. The first-order valence-electron chi connectivity index (χ1n) is 18.3. The molecule has 0 unspecified atom stereocenters. The van der Waals surface area contributed by atoms with Crippen LogP contribution in [0.5, 0.6) is 0 Å². The van der Waals surface area contributed by atoms with Crippen molar-refractivity contribution in [2.45, 2.75) is 0 Å². The molecule has 3 nitrogen and oxygen atoms in total. The van der Waals surface area contributed by atoms with Crippen molar-refractivity contribution in [1.29, 1.82) is 0 Å². The summed E-state index contributed by atoms with van der Waals surface area (Å²) in [5, 5.41) is 11.5. The Bertz CT molecular complexity index is 3470. The molecular weight excluding hydrogens is 679 g/mol. The zero-order valence-corrected chi connectivity index (χ0v) is 29.7. The molecule has 3 aromatic heterocycles. The third kappa shape index (κ3) is 4.23. The molecule has 9 aromatic carbocycles. The topological polar surface area (TPSA) is 29.5 Å². The highest BCUT2D eigenvalue weighted by atomic mass is 32.1. The van der Waals surface area contributed by atoms with Gasteiger partial charge in [-0.3, -0.25) is 0 Å². The minimum Gasteiger partial charge on any atom is -0.455 e. The van der Waals surface area contributed by atoms with Gasteiger partial charge in [-0.2, -0.15) is 0 Å². The van der Waals surface area contributed by atoms with E-state index in [2.05, 4.69) is 181 Å². The Kier molecular flexibility index (Phi) is 6.21. The van der Waals surface area contributed by atoms with E-state index in [1.165, 1.54) is 25.6 Å². The molecule has 0 atom stereocenters. The molecule has 4 heteroatoms. The van der Waals surface area contributed by atoms with E-state index in [1.54, 1.807) is 0 Å². The smallest absolute Gasteiger partial charge is 0.143 e. The molecule has 54 heavy (non-hydrogen) atoms. The maximum Gasteiger partial charge on any atom is 0.143 e. The van der Waals surface area contributed by atoms with E-state index in [0.717, 1.165) is 88.2 Å². The molecule has 0 radical (unpaired) electrons. The van der Waals surface area contributed by atoms with Crippen molar-refractivity contribution in [3.05, 3.63) is 176 Å². The summed E-state index contributed by atoms with van der Waals surface area (Å²) in [6, 6.07) is 63.0. The SMILES string of the molecule is c1ccc(N(c2ccc3c(c2)sc2ccccc23)c2cccc3oc4c5ccccc5ccc4c23)c(-c2cccc3oc4c5ccccc5ccc4c23)c1. The standard InChI is InChI=1S/C50H29NO2S/c1-3-13-33-30(11-1)23-26-39-47-38(17-9-20-43(47)52-49(33)39)35-15-5-7-18-41(35)51(32-25-28-37-36-16-6-8-22-45(36)54-46(37)29-32)42-19-10-21-44-48(42)40-27-24-31-12-2-4-14-34(31)50(40)53-44/h1-29H. The zero-order chi connectivity index (χ0) is 35.3. The number of hydrogen-bond acceptors (Lipinski definition) is 4. The van der Waals surface area contributed by atoms with Gasteiger partial charge in [0, 0.05) is 58.4 Å². The molecule has 0 saturated heterocycles. The first-order valence-corrected chi connectivity index (χ1v) is 19.1. The van der Waals surface area contributed by atoms with Crippen LogP contribution in [0.4, 0.5) is 17.1 Å². The predicted molar refractivity (Wildman–Crippen MR) is 229 cm³/mol. The van der Waals surface area contributed by atoms with E-state index in [1.807, 2.05) is 11.3 Å². The summed E-state index contributed by atoms with van der Waals surface area (Å²) in [4.78, 5) is 2.43. The molecule has 252 valence electrons. The molecule has 3 heterocycles. The first kappa shape index (κ1) is 29.7. The molecule has 0 N–H and O–H groups in total. The summed E-state index contributed by atoms with van der Waals surface area (Å²) in [5.74, 6) is 0. The lowest BCUT2D eigenvalue weighted by Gasteiger charge is -2.28. The van der Waals surface area contributed by atoms with Crippen LogP contribution in [-0.2, 0) is 0 Å². The largest absolute Gasteiger partial charge is 0.455 e. The van der Waals surface area contributed by atoms with Crippen LogP contribution >= 0.6 is 11.3 Å². The Hall–Kier alpha value is -6.88. The maximum absolute atomic E-state index is 6.75. The van der Waals surface area contributed by atoms with Crippen LogP contribution < -0.4 is 4.90 Å². The van der Waals surface area contributed by atoms with E-state index in [9.17, 15) is 0 Å². The lowest BCUT2D eigenvalue weighted by Crippen LogP contribution is -2.11. The lowest BCUT2D eigenvalue weighted by molar-refractivity contribution is 0.672. The van der Waals surface area contributed by atoms with Gasteiger partial charge in [-0.05, 0) is 70.9 Å². The van der Waals surface area contributed by atoms with Crippen molar-refractivity contribution in [3.8, 4) is 11.1 Å². The van der Waals surface area contributed by atoms with Gasteiger partial charge in [0.2, 0.25) is 0 Å². The van der Waals surface area contributed by atoms with Crippen molar-refractivity contribution in [1.82, 2.24) is 0 Å². The van der Waals surface area contributed by atoms with Crippen LogP contribution in [0.15, 0.2) is 185 Å².